The number of pyridine rings is 1. The van der Waals surface area contributed by atoms with Crippen molar-refractivity contribution in [3.63, 3.8) is 0 Å². The number of nitrogen functional groups attached to an aromatic ring is 1. The number of aliphatic hydroxyl groups is 1. The molecule has 0 spiro atoms. The van der Waals surface area contributed by atoms with Gasteiger partial charge in [-0.25, -0.2) is 4.98 Å². The number of benzene rings is 1. The Hall–Kier alpha value is -2.33. The molecule has 0 bridgehead atoms. The van der Waals surface area contributed by atoms with Crippen LogP contribution >= 0.6 is 24.2 Å². The van der Waals surface area contributed by atoms with Crippen LogP contribution in [0.3, 0.4) is 0 Å². The van der Waals surface area contributed by atoms with Crippen molar-refractivity contribution in [2.24, 2.45) is 0 Å². The summed E-state index contributed by atoms with van der Waals surface area (Å²) in [5.41, 5.74) is 8.48. The molecule has 172 valence electrons. The third kappa shape index (κ3) is 5.92. The van der Waals surface area contributed by atoms with Crippen LogP contribution in [0, 0.1) is 0 Å². The molecular weight excluding hydrogens is 450 g/mol. The third-order valence-electron chi connectivity index (χ3n) is 5.70. The third-order valence-corrected chi connectivity index (χ3v) is 6.68. The van der Waals surface area contributed by atoms with E-state index in [0.717, 1.165) is 54.4 Å². The molecule has 5 N–H and O–H groups in total. The summed E-state index contributed by atoms with van der Waals surface area (Å²) in [5.74, 6) is 0.221. The second-order valence-electron chi connectivity index (χ2n) is 7.90. The Labute approximate surface area is 197 Å². The van der Waals surface area contributed by atoms with Crippen LogP contribution in [0.5, 0.6) is 0 Å². The van der Waals surface area contributed by atoms with Crippen LogP contribution in [0.4, 0.5) is 16.3 Å². The molecule has 3 heterocycles. The van der Waals surface area contributed by atoms with Gasteiger partial charge in [0.15, 0.2) is 0 Å². The molecule has 1 aromatic carbocycles. The predicted octanol–water partition coefficient (Wildman–Crippen LogP) is 2.62. The minimum Gasteiger partial charge on any atom is -0.387 e. The van der Waals surface area contributed by atoms with Crippen molar-refractivity contribution in [1.29, 1.82) is 0 Å². The standard InChI is InChI=1S/C22H27N5O3S.ClH/c23-19-9-6-15(12-24-19)17(28)13-25-20-3-1-2-10-27(20)16-7-4-14(5-8-16)11-18-21(29)26-22(30)31-18;/h4-9,12,17-18,20,25,28H,1-3,10-11,13H2,(H2,23,24)(H,26,29,30);1H/t17?,18?,20-;/m0./s1. The van der Waals surface area contributed by atoms with Gasteiger partial charge in [-0.15, -0.1) is 12.4 Å². The predicted molar refractivity (Wildman–Crippen MR) is 129 cm³/mol. The summed E-state index contributed by atoms with van der Waals surface area (Å²) in [4.78, 5) is 29.5. The zero-order chi connectivity index (χ0) is 21.8. The van der Waals surface area contributed by atoms with Crippen LogP contribution in [0.25, 0.3) is 0 Å². The van der Waals surface area contributed by atoms with Crippen molar-refractivity contribution in [2.45, 2.75) is 43.2 Å². The van der Waals surface area contributed by atoms with Gasteiger partial charge in [-0.1, -0.05) is 30.0 Å². The first-order valence-corrected chi connectivity index (χ1v) is 11.4. The van der Waals surface area contributed by atoms with Gasteiger partial charge < -0.3 is 15.7 Å². The van der Waals surface area contributed by atoms with E-state index in [1.54, 1.807) is 18.3 Å². The van der Waals surface area contributed by atoms with Crippen molar-refractivity contribution in [3.05, 3.63) is 53.7 Å². The number of hydrogen-bond donors (Lipinski definition) is 4. The van der Waals surface area contributed by atoms with Gasteiger partial charge in [-0.3, -0.25) is 20.2 Å². The number of nitrogens with two attached hydrogens (primary N) is 1. The Morgan fingerprint density at radius 3 is 2.66 bits per heavy atom. The molecule has 1 aromatic heterocycles. The number of aliphatic hydroxyl groups excluding tert-OH is 1. The Kier molecular flexibility index (Phi) is 8.36. The second-order valence-corrected chi connectivity index (χ2v) is 9.07. The number of hydrogen-bond acceptors (Lipinski definition) is 8. The summed E-state index contributed by atoms with van der Waals surface area (Å²) in [6, 6.07) is 11.7. The minimum absolute atomic E-state index is 0. The molecule has 10 heteroatoms. The Balaban J connectivity index is 0.00000289. The van der Waals surface area contributed by atoms with Gasteiger partial charge in [0, 0.05) is 30.5 Å². The number of nitrogens with one attached hydrogen (secondary N) is 2. The van der Waals surface area contributed by atoms with Gasteiger partial charge in [-0.2, -0.15) is 0 Å². The zero-order valence-corrected chi connectivity index (χ0v) is 19.2. The number of thioether (sulfide) groups is 1. The summed E-state index contributed by atoms with van der Waals surface area (Å²) in [6.45, 7) is 1.36. The smallest absolute Gasteiger partial charge is 0.286 e. The fourth-order valence-corrected chi connectivity index (χ4v) is 4.86. The molecule has 4 rings (SSSR count). The normalized spacial score (nSPS) is 21.7. The number of carbonyl (C=O) groups excluding carboxylic acids is 2. The van der Waals surface area contributed by atoms with Crippen LogP contribution in [0.1, 0.15) is 36.5 Å². The summed E-state index contributed by atoms with van der Waals surface area (Å²) < 4.78 is 0. The van der Waals surface area contributed by atoms with Gasteiger partial charge in [0.2, 0.25) is 5.91 Å². The number of anilines is 2. The highest BCUT2D eigenvalue weighted by molar-refractivity contribution is 8.15. The molecule has 2 saturated heterocycles. The fourth-order valence-electron chi connectivity index (χ4n) is 4.00. The molecular formula is C22H28ClN5O3S. The molecule has 0 radical (unpaired) electrons. The summed E-state index contributed by atoms with van der Waals surface area (Å²) in [6.07, 6.45) is 4.86. The topological polar surface area (TPSA) is 121 Å². The lowest BCUT2D eigenvalue weighted by atomic mass is 10.0. The van der Waals surface area contributed by atoms with E-state index in [1.165, 1.54) is 0 Å². The molecule has 2 fully saturated rings. The quantitative estimate of drug-likeness (QED) is 0.480. The maximum absolute atomic E-state index is 11.8. The first-order valence-electron chi connectivity index (χ1n) is 10.5. The van der Waals surface area contributed by atoms with Crippen molar-refractivity contribution < 1.29 is 14.7 Å². The maximum Gasteiger partial charge on any atom is 0.286 e. The molecule has 32 heavy (non-hydrogen) atoms. The Bertz CT molecular complexity index is 928. The van der Waals surface area contributed by atoms with Crippen LogP contribution in [-0.2, 0) is 11.2 Å². The number of rotatable bonds is 7. The Morgan fingerprint density at radius 1 is 1.22 bits per heavy atom. The lowest BCUT2D eigenvalue weighted by Crippen LogP contribution is -2.50. The van der Waals surface area contributed by atoms with Crippen molar-refractivity contribution in [1.82, 2.24) is 15.6 Å². The van der Waals surface area contributed by atoms with Crippen LogP contribution in [0.15, 0.2) is 42.6 Å². The fraction of sp³-hybridized carbons (Fsp3) is 0.409. The average Bonchev–Trinajstić information content (AvgIpc) is 3.10. The van der Waals surface area contributed by atoms with E-state index in [1.807, 2.05) is 12.1 Å². The summed E-state index contributed by atoms with van der Waals surface area (Å²) in [5, 5.41) is 15.7. The number of carbonyl (C=O) groups is 2. The molecule has 0 saturated carbocycles. The number of imide groups is 1. The average molecular weight is 478 g/mol. The first kappa shape index (κ1) is 24.3. The van der Waals surface area contributed by atoms with Crippen molar-refractivity contribution in [3.8, 4) is 0 Å². The molecule has 0 aliphatic carbocycles. The molecule has 2 aliphatic rings. The zero-order valence-electron chi connectivity index (χ0n) is 17.6. The summed E-state index contributed by atoms with van der Waals surface area (Å²) >= 11 is 1.05. The monoisotopic (exact) mass is 477 g/mol. The van der Waals surface area contributed by atoms with Gasteiger partial charge in [0.1, 0.15) is 5.82 Å². The first-order chi connectivity index (χ1) is 15.0. The summed E-state index contributed by atoms with van der Waals surface area (Å²) in [7, 11) is 0. The van der Waals surface area contributed by atoms with Gasteiger partial charge in [0.25, 0.3) is 5.24 Å². The minimum atomic E-state index is -0.656. The number of amides is 2. The second kappa shape index (κ2) is 11.0. The van der Waals surface area contributed by atoms with Crippen LogP contribution < -0.4 is 21.3 Å². The van der Waals surface area contributed by atoms with Crippen LogP contribution in [-0.4, -0.2) is 45.7 Å². The molecule has 3 atom stereocenters. The van der Waals surface area contributed by atoms with E-state index in [0.29, 0.717) is 18.8 Å². The number of piperidine rings is 1. The highest BCUT2D eigenvalue weighted by Gasteiger charge is 2.31. The molecule has 2 aliphatic heterocycles. The van der Waals surface area contributed by atoms with E-state index in [2.05, 4.69) is 32.7 Å². The van der Waals surface area contributed by atoms with E-state index in [9.17, 15) is 14.7 Å². The number of aromatic nitrogens is 1. The van der Waals surface area contributed by atoms with Crippen molar-refractivity contribution >= 4 is 46.8 Å². The van der Waals surface area contributed by atoms with Crippen molar-refractivity contribution in [2.75, 3.05) is 23.7 Å². The molecule has 2 aromatic rings. The van der Waals surface area contributed by atoms with E-state index in [4.69, 9.17) is 5.73 Å². The van der Waals surface area contributed by atoms with Crippen LogP contribution in [0.2, 0.25) is 0 Å². The lowest BCUT2D eigenvalue weighted by Gasteiger charge is -2.38. The Morgan fingerprint density at radius 2 is 2.00 bits per heavy atom. The van der Waals surface area contributed by atoms with Gasteiger partial charge in [0.05, 0.1) is 17.5 Å². The van der Waals surface area contributed by atoms with E-state index in [-0.39, 0.29) is 35.0 Å². The maximum atomic E-state index is 11.8. The number of halogens is 1. The van der Waals surface area contributed by atoms with Gasteiger partial charge in [-0.05, 0) is 49.4 Å². The molecule has 2 unspecified atom stereocenters. The highest BCUT2D eigenvalue weighted by atomic mass is 35.5. The number of nitrogens with zero attached hydrogens (tertiary/aromatic N) is 2. The molecule has 2 amide bonds. The molecule has 8 nitrogen and oxygen atoms in total. The van der Waals surface area contributed by atoms with E-state index < -0.39 is 6.10 Å². The SMILES string of the molecule is Cl.Nc1ccc(C(O)CN[C@@H]2CCCCN2c2ccc(CC3SC(=O)NC3=O)cc2)cn1. The lowest BCUT2D eigenvalue weighted by molar-refractivity contribution is -0.118. The van der Waals surface area contributed by atoms with E-state index >= 15 is 0 Å². The largest absolute Gasteiger partial charge is 0.387 e. The highest BCUT2D eigenvalue weighted by Crippen LogP contribution is 2.27. The van der Waals surface area contributed by atoms with Gasteiger partial charge >= 0.3 is 0 Å².